The van der Waals surface area contributed by atoms with Crippen LogP contribution in [0.15, 0.2) is 158 Å². The smallest absolute Gasteiger partial charge is 0.268 e. The molecule has 52 heavy (non-hydrogen) atoms. The van der Waals surface area contributed by atoms with Gasteiger partial charge in [0.05, 0.1) is 46.2 Å². The molecule has 0 atom stereocenters. The summed E-state index contributed by atoms with van der Waals surface area (Å²) in [5.74, 6) is -0.790. The second-order valence-electron chi connectivity index (χ2n) is 12.6. The fraction of sp³-hybridized carbons (Fsp3) is 0. The zero-order chi connectivity index (χ0) is 35.3. The average molecular weight is 667 g/mol. The SMILES string of the molecule is [C-]#[N+]c1ccc(-c2ccc3c4ccccc4n(-c4cccc5c4C(=O)N(c4c(-c6ccccc6)cccc4-c4ccccc4)C5=O)c3c2)c(C#N)c1. The Bertz CT molecular complexity index is 2800. The third-order valence-corrected chi connectivity index (χ3v) is 9.80. The zero-order valence-electron chi connectivity index (χ0n) is 27.6. The van der Waals surface area contributed by atoms with Crippen LogP contribution in [-0.4, -0.2) is 16.4 Å². The Morgan fingerprint density at radius 1 is 0.538 bits per heavy atom. The number of carbonyl (C=O) groups is 2. The molecule has 0 fully saturated rings. The fourth-order valence-electron chi connectivity index (χ4n) is 7.49. The number of hydrogen-bond acceptors (Lipinski definition) is 3. The second kappa shape index (κ2) is 12.1. The lowest BCUT2D eigenvalue weighted by Crippen LogP contribution is -2.30. The van der Waals surface area contributed by atoms with Crippen molar-refractivity contribution in [3.63, 3.8) is 0 Å². The van der Waals surface area contributed by atoms with Gasteiger partial charge in [0.2, 0.25) is 0 Å². The highest BCUT2D eigenvalue weighted by atomic mass is 16.2. The van der Waals surface area contributed by atoms with E-state index in [4.69, 9.17) is 6.57 Å². The predicted octanol–water partition coefficient (Wildman–Crippen LogP) is 11.0. The number of imide groups is 1. The molecule has 6 heteroatoms. The molecule has 0 saturated carbocycles. The summed E-state index contributed by atoms with van der Waals surface area (Å²) >= 11 is 0. The van der Waals surface area contributed by atoms with Crippen LogP contribution in [0.25, 0.3) is 65.7 Å². The number of fused-ring (bicyclic) bond motifs is 4. The number of aromatic nitrogens is 1. The summed E-state index contributed by atoms with van der Waals surface area (Å²) in [6.07, 6.45) is 0. The number of amides is 2. The molecule has 0 bridgehead atoms. The van der Waals surface area contributed by atoms with Gasteiger partial charge < -0.3 is 4.57 Å². The van der Waals surface area contributed by atoms with Gasteiger partial charge in [-0.15, -0.1) is 0 Å². The van der Waals surface area contributed by atoms with Crippen molar-refractivity contribution in [2.45, 2.75) is 0 Å². The van der Waals surface area contributed by atoms with Crippen LogP contribution in [0.1, 0.15) is 26.3 Å². The molecule has 6 nitrogen and oxygen atoms in total. The average Bonchev–Trinajstić information content (AvgIpc) is 3.67. The lowest BCUT2D eigenvalue weighted by Gasteiger charge is -2.23. The highest BCUT2D eigenvalue weighted by molar-refractivity contribution is 6.37. The van der Waals surface area contributed by atoms with E-state index < -0.39 is 5.91 Å². The lowest BCUT2D eigenvalue weighted by molar-refractivity contribution is 0.0926. The number of nitrogens with zero attached hydrogens (tertiary/aromatic N) is 4. The highest BCUT2D eigenvalue weighted by Gasteiger charge is 2.41. The van der Waals surface area contributed by atoms with Gasteiger partial charge in [-0.25, -0.2) is 9.74 Å². The molecule has 0 spiro atoms. The van der Waals surface area contributed by atoms with Crippen molar-refractivity contribution in [3.05, 3.63) is 186 Å². The second-order valence-corrected chi connectivity index (χ2v) is 12.6. The summed E-state index contributed by atoms with van der Waals surface area (Å²) in [5, 5.41) is 11.9. The molecule has 1 aliphatic rings. The van der Waals surface area contributed by atoms with Crippen LogP contribution < -0.4 is 4.90 Å². The number of benzene rings is 7. The number of carbonyl (C=O) groups excluding carboxylic acids is 2. The van der Waals surface area contributed by atoms with Gasteiger partial charge in [0.15, 0.2) is 5.69 Å². The first kappa shape index (κ1) is 30.5. The Morgan fingerprint density at radius 2 is 1.17 bits per heavy atom. The van der Waals surface area contributed by atoms with E-state index in [9.17, 15) is 10.1 Å². The van der Waals surface area contributed by atoms with E-state index in [0.29, 0.717) is 39.3 Å². The van der Waals surface area contributed by atoms with E-state index >= 15 is 4.79 Å². The van der Waals surface area contributed by atoms with Crippen LogP contribution in [0, 0.1) is 17.9 Å². The van der Waals surface area contributed by atoms with Crippen LogP contribution in [0.2, 0.25) is 0 Å². The van der Waals surface area contributed by atoms with E-state index in [0.717, 1.165) is 49.6 Å². The first-order valence-corrected chi connectivity index (χ1v) is 16.8. The molecular weight excluding hydrogens is 641 g/mol. The van der Waals surface area contributed by atoms with Gasteiger partial charge in [0, 0.05) is 27.5 Å². The van der Waals surface area contributed by atoms with Gasteiger partial charge in [0.25, 0.3) is 11.8 Å². The van der Waals surface area contributed by atoms with Crippen LogP contribution in [-0.2, 0) is 0 Å². The molecule has 8 aromatic rings. The number of anilines is 1. The molecule has 0 saturated heterocycles. The Morgan fingerprint density at radius 3 is 1.87 bits per heavy atom. The monoisotopic (exact) mass is 666 g/mol. The number of hydrogen-bond donors (Lipinski definition) is 0. The van der Waals surface area contributed by atoms with E-state index in [-0.39, 0.29) is 5.91 Å². The zero-order valence-corrected chi connectivity index (χ0v) is 27.6. The minimum absolute atomic E-state index is 0.321. The quantitative estimate of drug-likeness (QED) is 0.136. The summed E-state index contributed by atoms with van der Waals surface area (Å²) in [5.41, 5.74) is 9.10. The number of nitriles is 1. The molecule has 1 aromatic heterocycles. The molecule has 0 N–H and O–H groups in total. The largest absolute Gasteiger partial charge is 0.308 e. The van der Waals surface area contributed by atoms with Gasteiger partial charge in [-0.05, 0) is 52.6 Å². The summed E-state index contributed by atoms with van der Waals surface area (Å²) in [4.78, 5) is 34.5. The minimum Gasteiger partial charge on any atom is -0.308 e. The normalized spacial score (nSPS) is 12.2. The van der Waals surface area contributed by atoms with Crippen molar-refractivity contribution in [3.8, 4) is 45.1 Å². The van der Waals surface area contributed by atoms with E-state index in [2.05, 4.69) is 10.9 Å². The maximum Gasteiger partial charge on any atom is 0.268 e. The summed E-state index contributed by atoms with van der Waals surface area (Å²) in [6.45, 7) is 7.41. The highest BCUT2D eigenvalue weighted by Crippen LogP contribution is 2.45. The Labute approximate surface area is 299 Å². The van der Waals surface area contributed by atoms with Crippen molar-refractivity contribution in [1.82, 2.24) is 4.57 Å². The number of rotatable bonds is 5. The third kappa shape index (κ3) is 4.64. The van der Waals surface area contributed by atoms with Gasteiger partial charge in [-0.1, -0.05) is 127 Å². The molecule has 0 unspecified atom stereocenters. The summed E-state index contributed by atoms with van der Waals surface area (Å²) in [6, 6.07) is 52.3. The molecule has 0 radical (unpaired) electrons. The standard InChI is InChI=1S/C46H26N4O2/c1-48-33-23-25-34(32(26-33)28-47)31-22-24-38-37-16-8-9-20-40(37)49(42(38)27-31)41-21-11-19-39-43(41)46(52)50(45(39)51)44-35(29-12-4-2-5-13-29)17-10-18-36(44)30-14-6-3-7-15-30/h2-27H. The van der Waals surface area contributed by atoms with Crippen LogP contribution in [0.4, 0.5) is 11.4 Å². The predicted molar refractivity (Wildman–Crippen MR) is 206 cm³/mol. The maximum atomic E-state index is 15.0. The molecule has 9 rings (SSSR count). The van der Waals surface area contributed by atoms with Crippen LogP contribution >= 0.6 is 0 Å². The first-order valence-electron chi connectivity index (χ1n) is 16.8. The molecular formula is C46H26N4O2. The summed E-state index contributed by atoms with van der Waals surface area (Å²) in [7, 11) is 0. The van der Waals surface area contributed by atoms with E-state index in [1.165, 1.54) is 4.90 Å². The molecule has 0 aliphatic carbocycles. The van der Waals surface area contributed by atoms with Crippen molar-refractivity contribution < 1.29 is 9.59 Å². The van der Waals surface area contributed by atoms with Gasteiger partial charge in [-0.2, -0.15) is 5.26 Å². The molecule has 2 heterocycles. The van der Waals surface area contributed by atoms with Crippen molar-refractivity contribution in [2.24, 2.45) is 0 Å². The Balaban J connectivity index is 1.28. The van der Waals surface area contributed by atoms with Crippen molar-refractivity contribution in [1.29, 1.82) is 5.26 Å². The van der Waals surface area contributed by atoms with E-state index in [1.54, 1.807) is 24.3 Å². The molecule has 1 aliphatic heterocycles. The van der Waals surface area contributed by atoms with E-state index in [1.807, 2.05) is 138 Å². The lowest BCUT2D eigenvalue weighted by atomic mass is 9.95. The number of para-hydroxylation sites is 2. The Hall–Kier alpha value is -7.54. The van der Waals surface area contributed by atoms with Crippen molar-refractivity contribution in [2.75, 3.05) is 4.90 Å². The first-order chi connectivity index (χ1) is 25.6. The third-order valence-electron chi connectivity index (χ3n) is 9.80. The molecule has 2 amide bonds. The summed E-state index contributed by atoms with van der Waals surface area (Å²) < 4.78 is 2.04. The fourth-order valence-corrected chi connectivity index (χ4v) is 7.49. The van der Waals surface area contributed by atoms with Crippen molar-refractivity contribution >= 4 is 45.0 Å². The van der Waals surface area contributed by atoms with Crippen LogP contribution in [0.5, 0.6) is 0 Å². The van der Waals surface area contributed by atoms with Gasteiger partial charge >= 0.3 is 0 Å². The minimum atomic E-state index is -0.403. The maximum absolute atomic E-state index is 15.0. The van der Waals surface area contributed by atoms with Gasteiger partial charge in [-0.3, -0.25) is 9.59 Å². The molecule has 242 valence electrons. The topological polar surface area (TPSA) is 70.5 Å². The Kier molecular flexibility index (Phi) is 7.10. The molecule has 7 aromatic carbocycles. The van der Waals surface area contributed by atoms with Crippen LogP contribution in [0.3, 0.4) is 0 Å². The van der Waals surface area contributed by atoms with Gasteiger partial charge in [0.1, 0.15) is 0 Å².